The van der Waals surface area contributed by atoms with Crippen LogP contribution in [0.1, 0.15) is 58.0 Å². The molecule has 7 atom stereocenters. The number of thioether (sulfide) groups is 1. The number of hydrogen-bond donors (Lipinski definition) is 3. The van der Waals surface area contributed by atoms with Crippen LogP contribution >= 0.6 is 11.8 Å². The van der Waals surface area contributed by atoms with Crippen molar-refractivity contribution in [3.05, 3.63) is 47.7 Å². The monoisotopic (exact) mass is 595 g/mol. The summed E-state index contributed by atoms with van der Waals surface area (Å²) in [4.78, 5) is 23.8. The molecule has 4 N–H and O–H groups in total. The van der Waals surface area contributed by atoms with Gasteiger partial charge in [0.15, 0.2) is 11.5 Å². The van der Waals surface area contributed by atoms with Crippen molar-refractivity contribution in [2.24, 2.45) is 22.6 Å². The van der Waals surface area contributed by atoms with E-state index in [0.29, 0.717) is 41.6 Å². The molecule has 5 heterocycles. The molecule has 2 aromatic rings. The number of aromatic nitrogens is 2. The predicted molar refractivity (Wildman–Crippen MR) is 170 cm³/mol. The second-order valence-corrected chi connectivity index (χ2v) is 13.4. The molecule has 228 valence electrons. The summed E-state index contributed by atoms with van der Waals surface area (Å²) in [6.07, 6.45) is 2.50. The number of nitrogens with zero attached hydrogens (tertiary/aromatic N) is 6. The standard InChI is InChI=1S/C30H43N9O2S.H2/c1-18-20(3)42-30-26(18)27(32-19(2)29-36-33-21(4)39(29)30)22-7-9-23(10-8-22)37-13-5-6-14-38(17-41-16-15-37)25-12-11-24(28(31)40)34-35-25;/h7-12,18-21,26,29-30,33,36H,5-6,13-17H2,1-4H3,(H2,31,40);1H/t18?,19-,20?,21?,26?,29?,30?;/m0./s1. The van der Waals surface area contributed by atoms with E-state index in [2.05, 4.69) is 99.5 Å². The summed E-state index contributed by atoms with van der Waals surface area (Å²) in [6, 6.07) is 12.6. The molecule has 42 heavy (non-hydrogen) atoms. The largest absolute Gasteiger partial charge is 0.369 e. The maximum atomic E-state index is 11.3. The Hall–Kier alpha value is -2.77. The van der Waals surface area contributed by atoms with E-state index in [9.17, 15) is 4.79 Å². The fourth-order valence-electron chi connectivity index (χ4n) is 6.65. The highest BCUT2D eigenvalue weighted by molar-refractivity contribution is 8.00. The molecule has 1 aromatic heterocycles. The predicted octanol–water partition coefficient (Wildman–Crippen LogP) is 2.89. The number of hydrazine groups is 1. The number of nitrogens with two attached hydrogens (primary N) is 1. The molecule has 3 fully saturated rings. The Morgan fingerprint density at radius 3 is 2.48 bits per heavy atom. The lowest BCUT2D eigenvalue weighted by Gasteiger charge is -2.34. The van der Waals surface area contributed by atoms with E-state index < -0.39 is 5.91 Å². The van der Waals surface area contributed by atoms with Crippen LogP contribution in [0.4, 0.5) is 11.5 Å². The van der Waals surface area contributed by atoms with Crippen molar-refractivity contribution < 1.29 is 11.0 Å². The number of rotatable bonds is 4. The minimum absolute atomic E-state index is 0. The molecule has 0 bridgehead atoms. The molecule has 1 amide bonds. The molecule has 1 aromatic carbocycles. The Kier molecular flexibility index (Phi) is 8.69. The lowest BCUT2D eigenvalue weighted by atomic mass is 9.84. The summed E-state index contributed by atoms with van der Waals surface area (Å²) >= 11 is 2.10. The van der Waals surface area contributed by atoms with Crippen LogP contribution in [0.25, 0.3) is 0 Å². The van der Waals surface area contributed by atoms with Crippen molar-refractivity contribution >= 4 is 34.9 Å². The number of carbonyl (C=O) groups is 1. The SMILES string of the molecule is CC1SC2C(C(c3ccc(N4CCCCN(c5ccc(C(N)=O)nn5)COCC4)cc3)=N[C@@H](C)C3NNC(C)N23)C1C.[HH]. The number of ether oxygens (including phenoxy) is 1. The minimum atomic E-state index is -0.577. The van der Waals surface area contributed by atoms with Crippen molar-refractivity contribution in [3.8, 4) is 0 Å². The summed E-state index contributed by atoms with van der Waals surface area (Å²) in [6.45, 7) is 12.8. The molecule has 3 saturated heterocycles. The van der Waals surface area contributed by atoms with Gasteiger partial charge in [-0.05, 0) is 62.4 Å². The quantitative estimate of drug-likeness (QED) is 0.486. The lowest BCUT2D eigenvalue weighted by molar-refractivity contribution is 0.0994. The molecular weight excluding hydrogens is 550 g/mol. The van der Waals surface area contributed by atoms with Gasteiger partial charge in [0.2, 0.25) is 0 Å². The number of fused-ring (bicyclic) bond motifs is 3. The first-order valence-corrected chi connectivity index (χ1v) is 16.1. The number of anilines is 2. The van der Waals surface area contributed by atoms with Crippen LogP contribution in [0.3, 0.4) is 0 Å². The highest BCUT2D eigenvalue weighted by Crippen LogP contribution is 2.49. The molecule has 0 spiro atoms. The van der Waals surface area contributed by atoms with Gasteiger partial charge in [-0.25, -0.2) is 10.9 Å². The number of carbonyl (C=O) groups excluding carboxylic acids is 1. The molecular formula is C30H45N9O2S. The fourth-order valence-corrected chi connectivity index (χ4v) is 8.50. The van der Waals surface area contributed by atoms with Crippen LogP contribution < -0.4 is 26.4 Å². The van der Waals surface area contributed by atoms with Crippen molar-refractivity contribution in [2.45, 2.75) is 69.5 Å². The van der Waals surface area contributed by atoms with Crippen molar-refractivity contribution in [2.75, 3.05) is 42.8 Å². The Balaban J connectivity index is 0.00000368. The van der Waals surface area contributed by atoms with Crippen molar-refractivity contribution in [3.63, 3.8) is 0 Å². The smallest absolute Gasteiger partial charge is 0.269 e. The number of hydrogen-bond acceptors (Lipinski definition) is 11. The van der Waals surface area contributed by atoms with Gasteiger partial charge in [0.25, 0.3) is 5.91 Å². The summed E-state index contributed by atoms with van der Waals surface area (Å²) in [5.74, 6) is 1.04. The van der Waals surface area contributed by atoms with Crippen LogP contribution in [0, 0.1) is 11.8 Å². The van der Waals surface area contributed by atoms with Gasteiger partial charge < -0.3 is 20.3 Å². The fraction of sp³-hybridized carbons (Fsp3) is 0.600. The Bertz CT molecular complexity index is 1270. The minimum Gasteiger partial charge on any atom is -0.369 e. The van der Waals surface area contributed by atoms with Gasteiger partial charge in [-0.3, -0.25) is 14.7 Å². The average molecular weight is 596 g/mol. The highest BCUT2D eigenvalue weighted by atomic mass is 32.2. The summed E-state index contributed by atoms with van der Waals surface area (Å²) in [5.41, 5.74) is 16.1. The van der Waals surface area contributed by atoms with Gasteiger partial charge >= 0.3 is 0 Å². The van der Waals surface area contributed by atoms with E-state index in [-0.39, 0.29) is 25.5 Å². The summed E-state index contributed by atoms with van der Waals surface area (Å²) in [7, 11) is 0. The van der Waals surface area contributed by atoms with E-state index in [1.165, 1.54) is 17.0 Å². The zero-order valence-corrected chi connectivity index (χ0v) is 25.8. The van der Waals surface area contributed by atoms with Gasteiger partial charge in [0.1, 0.15) is 6.73 Å². The maximum Gasteiger partial charge on any atom is 0.269 e. The Labute approximate surface area is 254 Å². The van der Waals surface area contributed by atoms with E-state index >= 15 is 0 Å². The molecule has 11 nitrogen and oxygen atoms in total. The summed E-state index contributed by atoms with van der Waals surface area (Å²) < 4.78 is 6.05. The third-order valence-electron chi connectivity index (χ3n) is 9.20. The number of nitrogens with one attached hydrogen (secondary N) is 2. The zero-order valence-electron chi connectivity index (χ0n) is 24.9. The van der Waals surface area contributed by atoms with Gasteiger partial charge in [-0.2, -0.15) is 0 Å². The average Bonchev–Trinajstić information content (AvgIpc) is 3.48. The van der Waals surface area contributed by atoms with E-state index in [0.717, 1.165) is 32.5 Å². The molecule has 12 heteroatoms. The first-order chi connectivity index (χ1) is 20.3. The van der Waals surface area contributed by atoms with Gasteiger partial charge in [-0.1, -0.05) is 26.0 Å². The number of aliphatic imine (C=N–C) groups is 1. The number of primary amides is 1. The van der Waals surface area contributed by atoms with Gasteiger partial charge in [0, 0.05) is 43.6 Å². The Morgan fingerprint density at radius 2 is 1.76 bits per heavy atom. The van der Waals surface area contributed by atoms with Crippen LogP contribution in [-0.4, -0.2) is 88.7 Å². The normalized spacial score (nSPS) is 32.6. The third kappa shape index (κ3) is 5.74. The maximum absolute atomic E-state index is 11.3. The first-order valence-electron chi connectivity index (χ1n) is 15.1. The second kappa shape index (κ2) is 12.5. The first kappa shape index (κ1) is 29.3. The molecule has 4 aliphatic rings. The topological polar surface area (TPSA) is 124 Å². The molecule has 0 aliphatic carbocycles. The lowest BCUT2D eigenvalue weighted by Crippen LogP contribution is -2.49. The van der Waals surface area contributed by atoms with Crippen LogP contribution in [0.5, 0.6) is 0 Å². The van der Waals surface area contributed by atoms with E-state index in [4.69, 9.17) is 15.5 Å². The van der Waals surface area contributed by atoms with Crippen LogP contribution in [-0.2, 0) is 4.74 Å². The Morgan fingerprint density at radius 1 is 1.00 bits per heavy atom. The van der Waals surface area contributed by atoms with E-state index in [1.807, 2.05) is 0 Å². The molecule has 0 saturated carbocycles. The number of amides is 1. The third-order valence-corrected chi connectivity index (χ3v) is 10.9. The molecule has 6 unspecified atom stereocenters. The van der Waals surface area contributed by atoms with Crippen molar-refractivity contribution in [1.29, 1.82) is 0 Å². The van der Waals surface area contributed by atoms with Crippen LogP contribution in [0.2, 0.25) is 0 Å². The van der Waals surface area contributed by atoms with Gasteiger partial charge in [0.05, 0.1) is 30.4 Å². The highest BCUT2D eigenvalue weighted by Gasteiger charge is 2.52. The molecule has 4 aliphatic heterocycles. The second-order valence-electron chi connectivity index (χ2n) is 11.9. The molecule has 0 radical (unpaired) electrons. The van der Waals surface area contributed by atoms with Gasteiger partial charge in [-0.15, -0.1) is 22.0 Å². The van der Waals surface area contributed by atoms with Crippen LogP contribution in [0.15, 0.2) is 41.4 Å². The number of benzene rings is 1. The van der Waals surface area contributed by atoms with E-state index in [1.54, 1.807) is 12.1 Å². The zero-order chi connectivity index (χ0) is 29.4. The molecule has 6 rings (SSSR count). The summed E-state index contributed by atoms with van der Waals surface area (Å²) in [5, 5.41) is 9.11. The van der Waals surface area contributed by atoms with Crippen molar-refractivity contribution in [1.82, 2.24) is 25.9 Å².